The van der Waals surface area contributed by atoms with Crippen molar-refractivity contribution in [3.63, 3.8) is 0 Å². The SMILES string of the molecule is CCCN1CCCN(C(=O)NC2CCC(C(=O)O)CC2)CC1=O. The van der Waals surface area contributed by atoms with Crippen LogP contribution in [0.3, 0.4) is 0 Å². The Balaban J connectivity index is 1.82. The lowest BCUT2D eigenvalue weighted by atomic mass is 9.86. The van der Waals surface area contributed by atoms with Gasteiger partial charge in [-0.15, -0.1) is 0 Å². The fourth-order valence-electron chi connectivity index (χ4n) is 3.35. The highest BCUT2D eigenvalue weighted by molar-refractivity contribution is 5.84. The molecule has 130 valence electrons. The molecule has 0 bridgehead atoms. The van der Waals surface area contributed by atoms with Gasteiger partial charge in [0.15, 0.2) is 0 Å². The maximum Gasteiger partial charge on any atom is 0.318 e. The first kappa shape index (κ1) is 17.6. The van der Waals surface area contributed by atoms with E-state index in [2.05, 4.69) is 5.32 Å². The summed E-state index contributed by atoms with van der Waals surface area (Å²) in [6.45, 7) is 4.21. The summed E-state index contributed by atoms with van der Waals surface area (Å²) in [4.78, 5) is 38.9. The van der Waals surface area contributed by atoms with Gasteiger partial charge in [0.05, 0.1) is 5.92 Å². The maximum atomic E-state index is 12.4. The molecule has 2 aliphatic rings. The molecule has 7 nitrogen and oxygen atoms in total. The van der Waals surface area contributed by atoms with Crippen LogP contribution in [0.25, 0.3) is 0 Å². The highest BCUT2D eigenvalue weighted by atomic mass is 16.4. The zero-order valence-corrected chi connectivity index (χ0v) is 13.8. The molecule has 1 heterocycles. The Hall–Kier alpha value is -1.79. The van der Waals surface area contributed by atoms with Crippen molar-refractivity contribution in [3.8, 4) is 0 Å². The van der Waals surface area contributed by atoms with Gasteiger partial charge in [-0.2, -0.15) is 0 Å². The van der Waals surface area contributed by atoms with Gasteiger partial charge < -0.3 is 20.2 Å². The van der Waals surface area contributed by atoms with Crippen LogP contribution in [0.5, 0.6) is 0 Å². The second-order valence-electron chi connectivity index (χ2n) is 6.49. The summed E-state index contributed by atoms with van der Waals surface area (Å²) in [5.41, 5.74) is 0. The number of hydrogen-bond acceptors (Lipinski definition) is 3. The molecule has 2 fully saturated rings. The molecule has 7 heteroatoms. The van der Waals surface area contributed by atoms with Gasteiger partial charge in [0.1, 0.15) is 6.54 Å². The normalized spacial score (nSPS) is 25.9. The lowest BCUT2D eigenvalue weighted by molar-refractivity contribution is -0.142. The van der Waals surface area contributed by atoms with Gasteiger partial charge in [0, 0.05) is 25.7 Å². The summed E-state index contributed by atoms with van der Waals surface area (Å²) in [6.07, 6.45) is 4.29. The Morgan fingerprint density at radius 3 is 2.52 bits per heavy atom. The van der Waals surface area contributed by atoms with E-state index in [0.717, 1.165) is 19.4 Å². The van der Waals surface area contributed by atoms with Gasteiger partial charge in [-0.3, -0.25) is 9.59 Å². The number of amides is 3. The number of carbonyl (C=O) groups is 3. The first-order chi connectivity index (χ1) is 11.0. The average molecular weight is 325 g/mol. The molecular weight excluding hydrogens is 298 g/mol. The predicted octanol–water partition coefficient (Wildman–Crippen LogP) is 1.28. The van der Waals surface area contributed by atoms with E-state index in [4.69, 9.17) is 5.11 Å². The summed E-state index contributed by atoms with van der Waals surface area (Å²) < 4.78 is 0. The van der Waals surface area contributed by atoms with Gasteiger partial charge in [-0.25, -0.2) is 4.79 Å². The lowest BCUT2D eigenvalue weighted by Crippen LogP contribution is -2.48. The number of nitrogens with one attached hydrogen (secondary N) is 1. The first-order valence-corrected chi connectivity index (χ1v) is 8.57. The van der Waals surface area contributed by atoms with E-state index in [1.54, 1.807) is 4.90 Å². The molecule has 0 aromatic heterocycles. The van der Waals surface area contributed by atoms with Crippen LogP contribution in [0.15, 0.2) is 0 Å². The largest absolute Gasteiger partial charge is 0.481 e. The van der Waals surface area contributed by atoms with Crippen LogP contribution in [0.1, 0.15) is 45.4 Å². The van der Waals surface area contributed by atoms with Crippen LogP contribution in [-0.4, -0.2) is 65.0 Å². The quantitative estimate of drug-likeness (QED) is 0.815. The molecule has 0 aromatic rings. The zero-order valence-electron chi connectivity index (χ0n) is 13.8. The summed E-state index contributed by atoms with van der Waals surface area (Å²) in [5.74, 6) is -1.02. The monoisotopic (exact) mass is 325 g/mol. The fourth-order valence-corrected chi connectivity index (χ4v) is 3.35. The predicted molar refractivity (Wildman–Crippen MR) is 85.0 cm³/mol. The van der Waals surface area contributed by atoms with E-state index in [1.807, 2.05) is 11.8 Å². The van der Waals surface area contributed by atoms with E-state index < -0.39 is 5.97 Å². The molecule has 2 rings (SSSR count). The summed E-state index contributed by atoms with van der Waals surface area (Å²) >= 11 is 0. The molecule has 0 atom stereocenters. The number of nitrogens with zero attached hydrogens (tertiary/aromatic N) is 2. The third-order valence-electron chi connectivity index (χ3n) is 4.72. The minimum absolute atomic E-state index is 0.00841. The van der Waals surface area contributed by atoms with Crippen molar-refractivity contribution in [2.45, 2.75) is 51.5 Å². The first-order valence-electron chi connectivity index (χ1n) is 8.57. The number of urea groups is 1. The highest BCUT2D eigenvalue weighted by Gasteiger charge is 2.29. The molecular formula is C16H27N3O4. The van der Waals surface area contributed by atoms with Crippen molar-refractivity contribution in [3.05, 3.63) is 0 Å². The van der Waals surface area contributed by atoms with E-state index in [9.17, 15) is 14.4 Å². The van der Waals surface area contributed by atoms with Gasteiger partial charge in [0.25, 0.3) is 0 Å². The lowest BCUT2D eigenvalue weighted by Gasteiger charge is -2.29. The number of aliphatic carboxylic acids is 1. The molecule has 0 aromatic carbocycles. The third-order valence-corrected chi connectivity index (χ3v) is 4.72. The van der Waals surface area contributed by atoms with Gasteiger partial charge in [0.2, 0.25) is 5.91 Å². The molecule has 1 saturated heterocycles. The highest BCUT2D eigenvalue weighted by Crippen LogP contribution is 2.24. The number of carbonyl (C=O) groups excluding carboxylic acids is 2. The minimum atomic E-state index is -0.746. The summed E-state index contributed by atoms with van der Waals surface area (Å²) in [6, 6.07) is -0.182. The third kappa shape index (κ3) is 4.84. The van der Waals surface area contributed by atoms with E-state index in [1.165, 1.54) is 0 Å². The maximum absolute atomic E-state index is 12.4. The van der Waals surface area contributed by atoms with E-state index >= 15 is 0 Å². The Morgan fingerprint density at radius 1 is 1.22 bits per heavy atom. The Morgan fingerprint density at radius 2 is 1.91 bits per heavy atom. The van der Waals surface area contributed by atoms with Crippen LogP contribution in [0.4, 0.5) is 4.79 Å². The molecule has 1 saturated carbocycles. The molecule has 23 heavy (non-hydrogen) atoms. The standard InChI is InChI=1S/C16H27N3O4/c1-2-8-18-9-3-10-19(11-14(18)20)16(23)17-13-6-4-12(5-7-13)15(21)22/h12-13H,2-11H2,1H3,(H,17,23)(H,21,22). The van der Waals surface area contributed by atoms with Crippen LogP contribution in [-0.2, 0) is 9.59 Å². The smallest absolute Gasteiger partial charge is 0.318 e. The Kier molecular flexibility index (Phi) is 6.24. The number of carboxylic acids is 1. The minimum Gasteiger partial charge on any atom is -0.481 e. The van der Waals surface area contributed by atoms with Crippen molar-refractivity contribution in [2.24, 2.45) is 5.92 Å². The van der Waals surface area contributed by atoms with Crippen LogP contribution in [0.2, 0.25) is 0 Å². The zero-order chi connectivity index (χ0) is 16.8. The van der Waals surface area contributed by atoms with Crippen molar-refractivity contribution in [1.82, 2.24) is 15.1 Å². The molecule has 0 unspecified atom stereocenters. The Bertz CT molecular complexity index is 447. The second-order valence-corrected chi connectivity index (χ2v) is 6.49. The number of hydrogen-bond donors (Lipinski definition) is 2. The number of carboxylic acid groups (broad SMARTS) is 1. The second kappa shape index (κ2) is 8.17. The summed E-state index contributed by atoms with van der Waals surface area (Å²) in [7, 11) is 0. The average Bonchev–Trinajstić information content (AvgIpc) is 2.70. The van der Waals surface area contributed by atoms with Gasteiger partial charge in [-0.1, -0.05) is 6.92 Å². The van der Waals surface area contributed by atoms with Crippen molar-refractivity contribution in [2.75, 3.05) is 26.2 Å². The van der Waals surface area contributed by atoms with Crippen LogP contribution < -0.4 is 5.32 Å². The van der Waals surface area contributed by atoms with Crippen LogP contribution in [0, 0.1) is 5.92 Å². The summed E-state index contributed by atoms with van der Waals surface area (Å²) in [5, 5.41) is 12.0. The molecule has 0 spiro atoms. The molecule has 1 aliphatic heterocycles. The molecule has 1 aliphatic carbocycles. The number of rotatable bonds is 4. The van der Waals surface area contributed by atoms with Crippen molar-refractivity contribution < 1.29 is 19.5 Å². The molecule has 2 N–H and O–H groups in total. The Labute approximate surface area is 137 Å². The van der Waals surface area contributed by atoms with Crippen molar-refractivity contribution in [1.29, 1.82) is 0 Å². The van der Waals surface area contributed by atoms with Gasteiger partial charge >= 0.3 is 12.0 Å². The molecule has 0 radical (unpaired) electrons. The van der Waals surface area contributed by atoms with E-state index in [0.29, 0.717) is 38.8 Å². The molecule has 3 amide bonds. The topological polar surface area (TPSA) is 89.9 Å². The van der Waals surface area contributed by atoms with Crippen LogP contribution >= 0.6 is 0 Å². The fraction of sp³-hybridized carbons (Fsp3) is 0.812. The van der Waals surface area contributed by atoms with Gasteiger partial charge in [-0.05, 0) is 38.5 Å². The van der Waals surface area contributed by atoms with Crippen molar-refractivity contribution >= 4 is 17.9 Å². The van der Waals surface area contributed by atoms with E-state index in [-0.39, 0.29) is 30.4 Å².